The van der Waals surface area contributed by atoms with Crippen molar-refractivity contribution in [3.63, 3.8) is 0 Å². The molecule has 0 aliphatic carbocycles. The van der Waals surface area contributed by atoms with Gasteiger partial charge in [0.2, 0.25) is 0 Å². The number of nitrogens with two attached hydrogens (primary N) is 1. The number of unbranched alkanes of at least 4 members (excludes halogenated alkanes) is 1. The van der Waals surface area contributed by atoms with Crippen LogP contribution in [0.25, 0.3) is 0 Å². The smallest absolute Gasteiger partial charge is 0.159 e. The second-order valence-electron chi connectivity index (χ2n) is 4.30. The van der Waals surface area contributed by atoms with Gasteiger partial charge in [-0.05, 0) is 57.1 Å². The van der Waals surface area contributed by atoms with Gasteiger partial charge >= 0.3 is 0 Å². The summed E-state index contributed by atoms with van der Waals surface area (Å²) in [6.07, 6.45) is 2.83. The maximum atomic E-state index is 12.9. The van der Waals surface area contributed by atoms with Crippen molar-refractivity contribution in [3.8, 4) is 0 Å². The van der Waals surface area contributed by atoms with E-state index in [1.54, 1.807) is 6.07 Å². The molecule has 0 radical (unpaired) electrons. The van der Waals surface area contributed by atoms with Gasteiger partial charge in [-0.25, -0.2) is 8.78 Å². The molecule has 0 fully saturated rings. The zero-order valence-electron chi connectivity index (χ0n) is 10.3. The van der Waals surface area contributed by atoms with Crippen LogP contribution in [0.5, 0.6) is 0 Å². The van der Waals surface area contributed by atoms with Crippen LogP contribution in [-0.2, 0) is 6.42 Å². The molecule has 0 aliphatic rings. The van der Waals surface area contributed by atoms with Crippen molar-refractivity contribution >= 4 is 0 Å². The number of hydrogen-bond donors (Lipinski definition) is 1. The summed E-state index contributed by atoms with van der Waals surface area (Å²) in [5.74, 6) is -1.56. The molecule has 1 aromatic carbocycles. The minimum absolute atomic E-state index is 0.719. The Morgan fingerprint density at radius 1 is 1.12 bits per heavy atom. The maximum Gasteiger partial charge on any atom is 0.159 e. The van der Waals surface area contributed by atoms with E-state index in [9.17, 15) is 8.78 Å². The van der Waals surface area contributed by atoms with Crippen LogP contribution in [-0.4, -0.2) is 31.6 Å². The van der Waals surface area contributed by atoms with Crippen molar-refractivity contribution in [1.82, 2.24) is 4.90 Å². The van der Waals surface area contributed by atoms with Crippen LogP contribution in [0.2, 0.25) is 0 Å². The maximum absolute atomic E-state index is 12.9. The molecule has 0 spiro atoms. The molecule has 2 nitrogen and oxygen atoms in total. The summed E-state index contributed by atoms with van der Waals surface area (Å²) in [7, 11) is 2.02. The first kappa shape index (κ1) is 14.1. The number of likely N-dealkylation sites (N-methyl/N-ethyl adjacent to an activating group) is 1. The Labute approximate surface area is 101 Å². The third-order valence-corrected chi connectivity index (χ3v) is 2.76. The van der Waals surface area contributed by atoms with Crippen LogP contribution < -0.4 is 5.73 Å². The average molecular weight is 242 g/mol. The lowest BCUT2D eigenvalue weighted by Gasteiger charge is -2.16. The molecule has 0 amide bonds. The Morgan fingerprint density at radius 2 is 1.88 bits per heavy atom. The fraction of sp³-hybridized carbons (Fsp3) is 0.538. The summed E-state index contributed by atoms with van der Waals surface area (Å²) in [5.41, 5.74) is 6.24. The number of nitrogens with zero attached hydrogens (tertiary/aromatic N) is 1. The lowest BCUT2D eigenvalue weighted by atomic mass is 10.1. The molecule has 0 atom stereocenters. The molecule has 1 aromatic rings. The molecule has 4 heteroatoms. The zero-order chi connectivity index (χ0) is 12.7. The molecule has 0 aliphatic heterocycles. The van der Waals surface area contributed by atoms with E-state index in [2.05, 4.69) is 4.90 Å². The SMILES string of the molecule is CN(CCCCN)CCc1ccc(F)c(F)c1. The molecule has 1 rings (SSSR count). The van der Waals surface area contributed by atoms with E-state index < -0.39 is 11.6 Å². The predicted octanol–water partition coefficient (Wildman–Crippen LogP) is 2.18. The molecule has 0 saturated carbocycles. The van der Waals surface area contributed by atoms with Crippen LogP contribution in [0, 0.1) is 11.6 Å². The van der Waals surface area contributed by atoms with E-state index in [-0.39, 0.29) is 0 Å². The first-order chi connectivity index (χ1) is 8.13. The van der Waals surface area contributed by atoms with Crippen molar-refractivity contribution in [1.29, 1.82) is 0 Å². The van der Waals surface area contributed by atoms with E-state index in [4.69, 9.17) is 5.73 Å². The van der Waals surface area contributed by atoms with Gasteiger partial charge in [0.1, 0.15) is 0 Å². The van der Waals surface area contributed by atoms with Crippen molar-refractivity contribution < 1.29 is 8.78 Å². The van der Waals surface area contributed by atoms with Crippen LogP contribution in [0.4, 0.5) is 8.78 Å². The molecule has 0 saturated heterocycles. The fourth-order valence-corrected chi connectivity index (χ4v) is 1.65. The molecule has 0 heterocycles. The van der Waals surface area contributed by atoms with E-state index >= 15 is 0 Å². The van der Waals surface area contributed by atoms with E-state index in [1.807, 2.05) is 7.05 Å². The van der Waals surface area contributed by atoms with Crippen LogP contribution in [0.1, 0.15) is 18.4 Å². The summed E-state index contributed by atoms with van der Waals surface area (Å²) in [5, 5.41) is 0. The Bertz CT molecular complexity index is 342. The Hall–Kier alpha value is -1.00. The van der Waals surface area contributed by atoms with Crippen molar-refractivity contribution in [2.75, 3.05) is 26.7 Å². The van der Waals surface area contributed by atoms with Crippen LogP contribution >= 0.6 is 0 Å². The highest BCUT2D eigenvalue weighted by atomic mass is 19.2. The third-order valence-electron chi connectivity index (χ3n) is 2.76. The van der Waals surface area contributed by atoms with Gasteiger partial charge in [-0.2, -0.15) is 0 Å². The van der Waals surface area contributed by atoms with Crippen molar-refractivity contribution in [2.45, 2.75) is 19.3 Å². The Morgan fingerprint density at radius 3 is 2.53 bits per heavy atom. The topological polar surface area (TPSA) is 29.3 Å². The van der Waals surface area contributed by atoms with Gasteiger partial charge < -0.3 is 10.6 Å². The molecule has 0 aromatic heterocycles. The van der Waals surface area contributed by atoms with E-state index in [0.717, 1.165) is 44.5 Å². The number of benzene rings is 1. The van der Waals surface area contributed by atoms with E-state index in [1.165, 1.54) is 12.1 Å². The van der Waals surface area contributed by atoms with E-state index in [0.29, 0.717) is 0 Å². The Kier molecular flexibility index (Phi) is 6.08. The fourth-order valence-electron chi connectivity index (χ4n) is 1.65. The Balaban J connectivity index is 2.31. The number of halogens is 2. The quantitative estimate of drug-likeness (QED) is 0.743. The normalized spacial score (nSPS) is 11.1. The standard InChI is InChI=1S/C13H20F2N2/c1-17(8-3-2-7-16)9-6-11-4-5-12(14)13(15)10-11/h4-5,10H,2-3,6-9,16H2,1H3. The number of rotatable bonds is 7. The van der Waals surface area contributed by atoms with Crippen molar-refractivity contribution in [3.05, 3.63) is 35.4 Å². The van der Waals surface area contributed by atoms with Gasteiger partial charge in [0.15, 0.2) is 11.6 Å². The molecule has 96 valence electrons. The van der Waals surface area contributed by atoms with Gasteiger partial charge in [0.25, 0.3) is 0 Å². The van der Waals surface area contributed by atoms with Gasteiger partial charge in [-0.15, -0.1) is 0 Å². The lowest BCUT2D eigenvalue weighted by Crippen LogP contribution is -2.23. The minimum Gasteiger partial charge on any atom is -0.330 e. The second kappa shape index (κ2) is 7.35. The molecule has 17 heavy (non-hydrogen) atoms. The lowest BCUT2D eigenvalue weighted by molar-refractivity contribution is 0.330. The summed E-state index contributed by atoms with van der Waals surface area (Å²) < 4.78 is 25.7. The number of hydrogen-bond acceptors (Lipinski definition) is 2. The second-order valence-corrected chi connectivity index (χ2v) is 4.30. The summed E-state index contributed by atoms with van der Waals surface area (Å²) in [4.78, 5) is 2.18. The molecular formula is C13H20F2N2. The summed E-state index contributed by atoms with van der Waals surface area (Å²) >= 11 is 0. The summed E-state index contributed by atoms with van der Waals surface area (Å²) in [6, 6.07) is 4.08. The highest BCUT2D eigenvalue weighted by Gasteiger charge is 2.04. The van der Waals surface area contributed by atoms with Gasteiger partial charge in [0.05, 0.1) is 0 Å². The zero-order valence-corrected chi connectivity index (χ0v) is 10.3. The largest absolute Gasteiger partial charge is 0.330 e. The molecule has 0 unspecified atom stereocenters. The molecule has 0 bridgehead atoms. The first-order valence-corrected chi connectivity index (χ1v) is 5.96. The third kappa shape index (κ3) is 5.24. The van der Waals surface area contributed by atoms with Gasteiger partial charge in [-0.3, -0.25) is 0 Å². The van der Waals surface area contributed by atoms with Crippen molar-refractivity contribution in [2.24, 2.45) is 5.73 Å². The van der Waals surface area contributed by atoms with Gasteiger partial charge in [-0.1, -0.05) is 6.07 Å². The minimum atomic E-state index is -0.787. The highest BCUT2D eigenvalue weighted by molar-refractivity contribution is 5.18. The predicted molar refractivity (Wildman–Crippen MR) is 65.8 cm³/mol. The van der Waals surface area contributed by atoms with Gasteiger partial charge in [0, 0.05) is 6.54 Å². The van der Waals surface area contributed by atoms with Crippen LogP contribution in [0.3, 0.4) is 0 Å². The first-order valence-electron chi connectivity index (χ1n) is 5.96. The molecule has 2 N–H and O–H groups in total. The monoisotopic (exact) mass is 242 g/mol. The highest BCUT2D eigenvalue weighted by Crippen LogP contribution is 2.09. The summed E-state index contributed by atoms with van der Waals surface area (Å²) in [6.45, 7) is 2.55. The van der Waals surface area contributed by atoms with Crippen LogP contribution in [0.15, 0.2) is 18.2 Å². The molecular weight excluding hydrogens is 222 g/mol. The average Bonchev–Trinajstić information content (AvgIpc) is 2.31.